The van der Waals surface area contributed by atoms with Gasteiger partial charge in [0.25, 0.3) is 0 Å². The second kappa shape index (κ2) is 4.77. The van der Waals surface area contributed by atoms with Crippen LogP contribution in [0.25, 0.3) is 0 Å². The summed E-state index contributed by atoms with van der Waals surface area (Å²) in [6.07, 6.45) is 1.37. The predicted molar refractivity (Wildman–Crippen MR) is 57.9 cm³/mol. The molecule has 2 unspecified atom stereocenters. The van der Waals surface area contributed by atoms with Crippen molar-refractivity contribution in [2.24, 2.45) is 0 Å². The van der Waals surface area contributed by atoms with Crippen molar-refractivity contribution in [1.82, 2.24) is 10.2 Å². The number of likely N-dealkylation sites (N-methyl/N-ethyl adjacent to an activating group) is 1. The van der Waals surface area contributed by atoms with Crippen molar-refractivity contribution in [1.29, 1.82) is 0 Å². The van der Waals surface area contributed by atoms with E-state index in [4.69, 9.17) is 17.0 Å². The van der Waals surface area contributed by atoms with E-state index in [1.807, 2.05) is 7.05 Å². The van der Waals surface area contributed by atoms with Gasteiger partial charge in [0.1, 0.15) is 0 Å². The maximum Gasteiger partial charge on any atom is 0.169 e. The molecule has 1 saturated heterocycles. The van der Waals surface area contributed by atoms with Gasteiger partial charge in [-0.2, -0.15) is 0 Å². The molecule has 0 saturated carbocycles. The van der Waals surface area contributed by atoms with Crippen molar-refractivity contribution in [3.05, 3.63) is 0 Å². The molecule has 1 heterocycles. The molecule has 1 rings (SSSR count). The first-order valence-electron chi connectivity index (χ1n) is 4.79. The zero-order valence-electron chi connectivity index (χ0n) is 8.54. The molecule has 2 atom stereocenters. The van der Waals surface area contributed by atoms with E-state index in [9.17, 15) is 0 Å². The van der Waals surface area contributed by atoms with Crippen molar-refractivity contribution in [2.75, 3.05) is 20.2 Å². The topological polar surface area (TPSA) is 24.5 Å². The summed E-state index contributed by atoms with van der Waals surface area (Å²) in [5.41, 5.74) is 0. The highest BCUT2D eigenvalue weighted by molar-refractivity contribution is 7.80. The second-order valence-corrected chi connectivity index (χ2v) is 3.77. The number of nitrogens with one attached hydrogen (secondary N) is 1. The lowest BCUT2D eigenvalue weighted by atomic mass is 10.1. The Morgan fingerprint density at radius 2 is 2.38 bits per heavy atom. The van der Waals surface area contributed by atoms with Crippen molar-refractivity contribution >= 4 is 17.3 Å². The van der Waals surface area contributed by atoms with Gasteiger partial charge >= 0.3 is 0 Å². The first-order valence-corrected chi connectivity index (χ1v) is 5.20. The molecule has 3 nitrogen and oxygen atoms in total. The lowest BCUT2D eigenvalue weighted by Crippen LogP contribution is -2.46. The molecule has 0 aromatic carbocycles. The molecule has 13 heavy (non-hydrogen) atoms. The summed E-state index contributed by atoms with van der Waals surface area (Å²) in [5, 5.41) is 3.97. The molecule has 1 aliphatic rings. The highest BCUT2D eigenvalue weighted by atomic mass is 32.1. The first kappa shape index (κ1) is 10.7. The van der Waals surface area contributed by atoms with Crippen LogP contribution in [0, 0.1) is 0 Å². The van der Waals surface area contributed by atoms with Crippen molar-refractivity contribution in [3.8, 4) is 0 Å². The van der Waals surface area contributed by atoms with Crippen LogP contribution in [0.1, 0.15) is 20.3 Å². The van der Waals surface area contributed by atoms with Gasteiger partial charge in [-0.3, -0.25) is 0 Å². The predicted octanol–water partition coefficient (Wildman–Crippen LogP) is 0.990. The monoisotopic (exact) mass is 202 g/mol. The number of hydrogen-bond donors (Lipinski definition) is 1. The van der Waals surface area contributed by atoms with E-state index >= 15 is 0 Å². The Kier molecular flexibility index (Phi) is 3.93. The number of nitrogens with zero attached hydrogens (tertiary/aromatic N) is 1. The fourth-order valence-electron chi connectivity index (χ4n) is 1.66. The van der Waals surface area contributed by atoms with Gasteiger partial charge in [-0.05, 0) is 32.5 Å². The summed E-state index contributed by atoms with van der Waals surface area (Å²) >= 11 is 5.22. The van der Waals surface area contributed by atoms with Crippen LogP contribution in [0.3, 0.4) is 0 Å². The van der Waals surface area contributed by atoms with Crippen LogP contribution >= 0.6 is 12.2 Å². The average molecular weight is 202 g/mol. The summed E-state index contributed by atoms with van der Waals surface area (Å²) in [6, 6.07) is 0.437. The van der Waals surface area contributed by atoms with Gasteiger partial charge in [0, 0.05) is 20.2 Å². The number of hydrogen-bond acceptors (Lipinski definition) is 2. The van der Waals surface area contributed by atoms with Gasteiger partial charge in [-0.1, -0.05) is 0 Å². The van der Waals surface area contributed by atoms with E-state index < -0.39 is 0 Å². The summed E-state index contributed by atoms with van der Waals surface area (Å²) in [5.74, 6) is 0. The molecule has 0 bridgehead atoms. The largest absolute Gasteiger partial charge is 0.376 e. The quantitative estimate of drug-likeness (QED) is 0.675. The Labute approximate surface area is 85.4 Å². The van der Waals surface area contributed by atoms with Crippen molar-refractivity contribution < 1.29 is 4.74 Å². The molecular formula is C9H18N2OS. The third-order valence-corrected chi connectivity index (χ3v) is 2.91. The van der Waals surface area contributed by atoms with E-state index in [1.165, 1.54) is 0 Å². The molecule has 1 fully saturated rings. The van der Waals surface area contributed by atoms with Crippen LogP contribution in [0.4, 0.5) is 0 Å². The SMILES string of the molecule is CCNC(=S)N(C)C1CCOC1C. The van der Waals surface area contributed by atoms with Gasteiger partial charge in [0.05, 0.1) is 12.1 Å². The van der Waals surface area contributed by atoms with E-state index in [2.05, 4.69) is 24.1 Å². The van der Waals surface area contributed by atoms with Crippen LogP contribution in [0.2, 0.25) is 0 Å². The minimum atomic E-state index is 0.293. The normalized spacial score (nSPS) is 27.3. The van der Waals surface area contributed by atoms with Crippen LogP contribution in [-0.4, -0.2) is 42.4 Å². The molecule has 0 aromatic heterocycles. The molecule has 4 heteroatoms. The van der Waals surface area contributed by atoms with Crippen LogP contribution in [0.15, 0.2) is 0 Å². The molecule has 1 N–H and O–H groups in total. The summed E-state index contributed by atoms with van der Waals surface area (Å²) < 4.78 is 5.49. The minimum Gasteiger partial charge on any atom is -0.376 e. The Bertz CT molecular complexity index is 186. The minimum absolute atomic E-state index is 0.293. The van der Waals surface area contributed by atoms with Gasteiger partial charge in [0.2, 0.25) is 0 Å². The van der Waals surface area contributed by atoms with E-state index in [1.54, 1.807) is 0 Å². The van der Waals surface area contributed by atoms with Gasteiger partial charge in [0.15, 0.2) is 5.11 Å². The molecule has 0 amide bonds. The average Bonchev–Trinajstić information content (AvgIpc) is 2.50. The van der Waals surface area contributed by atoms with E-state index in [-0.39, 0.29) is 0 Å². The maximum absolute atomic E-state index is 5.49. The lowest BCUT2D eigenvalue weighted by molar-refractivity contribution is 0.0997. The molecule has 0 aromatic rings. The second-order valence-electron chi connectivity index (χ2n) is 3.38. The van der Waals surface area contributed by atoms with Crippen molar-refractivity contribution in [3.63, 3.8) is 0 Å². The Balaban J connectivity index is 2.45. The Morgan fingerprint density at radius 3 is 2.85 bits per heavy atom. The van der Waals surface area contributed by atoms with E-state index in [0.717, 1.165) is 24.7 Å². The zero-order valence-corrected chi connectivity index (χ0v) is 9.36. The molecule has 0 spiro atoms. The van der Waals surface area contributed by atoms with Crippen LogP contribution in [0.5, 0.6) is 0 Å². The number of rotatable bonds is 2. The zero-order chi connectivity index (χ0) is 9.84. The molecule has 76 valence electrons. The maximum atomic E-state index is 5.49. The van der Waals surface area contributed by atoms with Gasteiger partial charge < -0.3 is 15.0 Å². The van der Waals surface area contributed by atoms with Crippen molar-refractivity contribution in [2.45, 2.75) is 32.4 Å². The van der Waals surface area contributed by atoms with Gasteiger partial charge in [-0.25, -0.2) is 0 Å². The Morgan fingerprint density at radius 1 is 1.69 bits per heavy atom. The Hall–Kier alpha value is -0.350. The third kappa shape index (κ3) is 2.54. The number of ether oxygens (including phenoxy) is 1. The molecule has 0 aliphatic carbocycles. The van der Waals surface area contributed by atoms with Gasteiger partial charge in [-0.15, -0.1) is 0 Å². The fourth-order valence-corrected chi connectivity index (χ4v) is 1.94. The van der Waals surface area contributed by atoms with E-state index in [0.29, 0.717) is 12.1 Å². The summed E-state index contributed by atoms with van der Waals surface area (Å²) in [6.45, 7) is 5.88. The fraction of sp³-hybridized carbons (Fsp3) is 0.889. The molecular weight excluding hydrogens is 184 g/mol. The number of thiocarbonyl (C=S) groups is 1. The standard InChI is InChI=1S/C9H18N2OS/c1-4-10-9(13)11(3)8-5-6-12-7(8)2/h7-8H,4-6H2,1-3H3,(H,10,13). The summed E-state index contributed by atoms with van der Waals surface area (Å²) in [7, 11) is 2.03. The smallest absolute Gasteiger partial charge is 0.169 e. The van der Waals surface area contributed by atoms with Crippen LogP contribution in [-0.2, 0) is 4.74 Å². The lowest BCUT2D eigenvalue weighted by Gasteiger charge is -2.29. The highest BCUT2D eigenvalue weighted by Crippen LogP contribution is 2.17. The third-order valence-electron chi connectivity index (χ3n) is 2.48. The first-order chi connectivity index (χ1) is 6.16. The molecule has 1 aliphatic heterocycles. The molecule has 0 radical (unpaired) electrons. The highest BCUT2D eigenvalue weighted by Gasteiger charge is 2.28. The summed E-state index contributed by atoms with van der Waals surface area (Å²) in [4.78, 5) is 2.11. The van der Waals surface area contributed by atoms with Crippen LogP contribution < -0.4 is 5.32 Å².